The minimum Gasteiger partial charge on any atom is -0.268 e. The number of hydrogen-bond acceptors (Lipinski definition) is 3. The van der Waals surface area contributed by atoms with Crippen LogP contribution in [0.1, 0.15) is 4.88 Å². The van der Waals surface area contributed by atoms with E-state index in [2.05, 4.69) is 0 Å². The van der Waals surface area contributed by atoms with Crippen LogP contribution in [0.3, 0.4) is 0 Å². The lowest BCUT2D eigenvalue weighted by atomic mass is 10.2. The van der Waals surface area contributed by atoms with E-state index >= 15 is 0 Å². The van der Waals surface area contributed by atoms with Crippen molar-refractivity contribution in [3.05, 3.63) is 56.7 Å². The van der Waals surface area contributed by atoms with Crippen LogP contribution in [0.5, 0.6) is 0 Å². The number of thiophene rings is 1. The van der Waals surface area contributed by atoms with E-state index in [0.29, 0.717) is 15.6 Å². The van der Waals surface area contributed by atoms with Crippen molar-refractivity contribution in [1.82, 2.24) is 0 Å². The maximum absolute atomic E-state index is 12.5. The Hall–Kier alpha value is -1.62. The molecule has 0 saturated heterocycles. The summed E-state index contributed by atoms with van der Waals surface area (Å²) in [4.78, 5) is 26.4. The average molecular weight is 324 g/mol. The quantitative estimate of drug-likeness (QED) is 0.785. The van der Waals surface area contributed by atoms with Gasteiger partial charge in [0.15, 0.2) is 0 Å². The smallest absolute Gasteiger partial charge is 0.268 e. The second-order valence-electron chi connectivity index (χ2n) is 4.09. The molecule has 0 bridgehead atoms. The van der Waals surface area contributed by atoms with Gasteiger partial charge < -0.3 is 0 Å². The molecule has 6 heteroatoms. The van der Waals surface area contributed by atoms with Gasteiger partial charge in [0.1, 0.15) is 5.03 Å². The maximum Gasteiger partial charge on any atom is 0.277 e. The first-order chi connectivity index (χ1) is 9.59. The van der Waals surface area contributed by atoms with Crippen molar-refractivity contribution in [2.45, 2.75) is 0 Å². The van der Waals surface area contributed by atoms with Crippen LogP contribution < -0.4 is 4.90 Å². The van der Waals surface area contributed by atoms with Gasteiger partial charge in [-0.25, -0.2) is 4.90 Å². The number of halogens is 2. The first-order valence-corrected chi connectivity index (χ1v) is 7.31. The zero-order valence-corrected chi connectivity index (χ0v) is 12.3. The Morgan fingerprint density at radius 1 is 1.00 bits per heavy atom. The fraction of sp³-hybridized carbons (Fsp3) is 0. The number of amides is 2. The van der Waals surface area contributed by atoms with Crippen LogP contribution in [0, 0.1) is 0 Å². The fourth-order valence-electron chi connectivity index (χ4n) is 1.99. The second kappa shape index (κ2) is 5.05. The van der Waals surface area contributed by atoms with Crippen LogP contribution in [0.15, 0.2) is 46.8 Å². The first-order valence-electron chi connectivity index (χ1n) is 5.67. The number of benzene rings is 1. The van der Waals surface area contributed by atoms with Crippen LogP contribution in [-0.2, 0) is 9.59 Å². The summed E-state index contributed by atoms with van der Waals surface area (Å²) < 4.78 is 0. The molecule has 1 aliphatic heterocycles. The first kappa shape index (κ1) is 13.4. The molecule has 3 nitrogen and oxygen atoms in total. The molecule has 2 heterocycles. The zero-order chi connectivity index (χ0) is 14.3. The predicted molar refractivity (Wildman–Crippen MR) is 81.0 cm³/mol. The third-order valence-electron chi connectivity index (χ3n) is 2.86. The summed E-state index contributed by atoms with van der Waals surface area (Å²) in [6.45, 7) is 0. The molecule has 0 atom stereocenters. The van der Waals surface area contributed by atoms with Crippen molar-refractivity contribution in [3.8, 4) is 0 Å². The molecular formula is C14H7Cl2NO2S. The van der Waals surface area contributed by atoms with Crippen molar-refractivity contribution in [3.63, 3.8) is 0 Å². The predicted octanol–water partition coefficient (Wildman–Crippen LogP) is 3.92. The van der Waals surface area contributed by atoms with Gasteiger partial charge in [0, 0.05) is 9.90 Å². The number of rotatable bonds is 2. The lowest BCUT2D eigenvalue weighted by Crippen LogP contribution is -2.31. The molecule has 1 aromatic heterocycles. The Morgan fingerprint density at radius 3 is 2.45 bits per heavy atom. The number of carbonyl (C=O) groups is 2. The van der Waals surface area contributed by atoms with E-state index in [1.54, 1.807) is 36.4 Å². The molecule has 0 unspecified atom stereocenters. The summed E-state index contributed by atoms with van der Waals surface area (Å²) in [5.41, 5.74) is 0.656. The second-order valence-corrected chi connectivity index (χ2v) is 5.85. The molecular weight excluding hydrogens is 317 g/mol. The molecule has 0 saturated carbocycles. The standard InChI is InChI=1S/C14H7Cl2NO2S/c15-8-3-1-4-9(7-8)17-13(18)11(12(16)14(17)19)10-5-2-6-20-10/h1-7H. The highest BCUT2D eigenvalue weighted by Gasteiger charge is 2.39. The normalized spacial score (nSPS) is 15.4. The third kappa shape index (κ3) is 2.06. The van der Waals surface area contributed by atoms with Gasteiger partial charge in [0.05, 0.1) is 11.3 Å². The Balaban J connectivity index is 2.07. The molecule has 1 aromatic carbocycles. The SMILES string of the molecule is O=C1C(Cl)=C(c2cccs2)C(=O)N1c1cccc(Cl)c1. The number of carbonyl (C=O) groups excluding carboxylic acids is 2. The van der Waals surface area contributed by atoms with E-state index < -0.39 is 11.8 Å². The van der Waals surface area contributed by atoms with Gasteiger partial charge in [-0.3, -0.25) is 9.59 Å². The summed E-state index contributed by atoms with van der Waals surface area (Å²) in [5.74, 6) is -0.952. The Bertz CT molecular complexity index is 737. The van der Waals surface area contributed by atoms with E-state index in [1.165, 1.54) is 11.3 Å². The molecule has 20 heavy (non-hydrogen) atoms. The van der Waals surface area contributed by atoms with E-state index in [9.17, 15) is 9.59 Å². The molecule has 0 N–H and O–H groups in total. The fourth-order valence-corrected chi connectivity index (χ4v) is 3.26. The Morgan fingerprint density at radius 2 is 1.80 bits per heavy atom. The summed E-state index contributed by atoms with van der Waals surface area (Å²) >= 11 is 13.3. The van der Waals surface area contributed by atoms with Crippen molar-refractivity contribution in [2.24, 2.45) is 0 Å². The van der Waals surface area contributed by atoms with Crippen LogP contribution in [0.4, 0.5) is 5.69 Å². The van der Waals surface area contributed by atoms with Crippen molar-refractivity contribution >= 4 is 57.6 Å². The number of hydrogen-bond donors (Lipinski definition) is 0. The van der Waals surface area contributed by atoms with Crippen LogP contribution in [0.2, 0.25) is 5.02 Å². The monoisotopic (exact) mass is 323 g/mol. The Labute approximate surface area is 129 Å². The molecule has 2 aromatic rings. The van der Waals surface area contributed by atoms with Crippen LogP contribution in [0.25, 0.3) is 5.57 Å². The highest BCUT2D eigenvalue weighted by Crippen LogP contribution is 2.36. The van der Waals surface area contributed by atoms with Gasteiger partial charge >= 0.3 is 0 Å². The highest BCUT2D eigenvalue weighted by atomic mass is 35.5. The third-order valence-corrected chi connectivity index (χ3v) is 4.33. The minimum atomic E-state index is -0.526. The summed E-state index contributed by atoms with van der Waals surface area (Å²) in [7, 11) is 0. The van der Waals surface area contributed by atoms with Gasteiger partial charge in [-0.2, -0.15) is 0 Å². The molecule has 2 amide bonds. The van der Waals surface area contributed by atoms with E-state index in [-0.39, 0.29) is 10.6 Å². The summed E-state index contributed by atoms with van der Waals surface area (Å²) in [6, 6.07) is 10.1. The van der Waals surface area contributed by atoms with E-state index in [0.717, 1.165) is 4.90 Å². The van der Waals surface area contributed by atoms with Crippen molar-refractivity contribution in [2.75, 3.05) is 4.90 Å². The van der Waals surface area contributed by atoms with E-state index in [1.807, 2.05) is 5.38 Å². The number of imide groups is 1. The van der Waals surface area contributed by atoms with Crippen LogP contribution in [-0.4, -0.2) is 11.8 Å². The van der Waals surface area contributed by atoms with Gasteiger partial charge in [-0.1, -0.05) is 35.3 Å². The average Bonchev–Trinajstić information content (AvgIpc) is 2.99. The molecule has 0 aliphatic carbocycles. The summed E-state index contributed by atoms with van der Waals surface area (Å²) in [5, 5.41) is 2.22. The maximum atomic E-state index is 12.5. The highest BCUT2D eigenvalue weighted by molar-refractivity contribution is 7.11. The van der Waals surface area contributed by atoms with Gasteiger partial charge in [0.25, 0.3) is 11.8 Å². The van der Waals surface area contributed by atoms with Crippen molar-refractivity contribution < 1.29 is 9.59 Å². The molecule has 0 spiro atoms. The minimum absolute atomic E-state index is 0.0579. The lowest BCUT2D eigenvalue weighted by Gasteiger charge is -2.14. The molecule has 3 rings (SSSR count). The summed E-state index contributed by atoms with van der Waals surface area (Å²) in [6.07, 6.45) is 0. The largest absolute Gasteiger partial charge is 0.277 e. The Kier molecular flexibility index (Phi) is 3.38. The molecule has 100 valence electrons. The van der Waals surface area contributed by atoms with Gasteiger partial charge in [-0.15, -0.1) is 11.3 Å². The van der Waals surface area contributed by atoms with Gasteiger partial charge in [0.2, 0.25) is 0 Å². The van der Waals surface area contributed by atoms with E-state index in [4.69, 9.17) is 23.2 Å². The number of anilines is 1. The number of nitrogens with zero attached hydrogens (tertiary/aromatic N) is 1. The van der Waals surface area contributed by atoms with Crippen molar-refractivity contribution in [1.29, 1.82) is 0 Å². The molecule has 0 fully saturated rings. The van der Waals surface area contributed by atoms with Crippen LogP contribution >= 0.6 is 34.5 Å². The molecule has 0 radical (unpaired) electrons. The molecule has 1 aliphatic rings. The zero-order valence-electron chi connectivity index (χ0n) is 9.97. The van der Waals surface area contributed by atoms with Gasteiger partial charge in [-0.05, 0) is 29.6 Å². The topological polar surface area (TPSA) is 37.4 Å². The lowest BCUT2D eigenvalue weighted by molar-refractivity contribution is -0.119.